The van der Waals surface area contributed by atoms with Gasteiger partial charge in [0.1, 0.15) is 10.9 Å². The van der Waals surface area contributed by atoms with Gasteiger partial charge in [-0.3, -0.25) is 19.3 Å². The molecule has 0 bridgehead atoms. The first-order valence-electron chi connectivity index (χ1n) is 6.43. The van der Waals surface area contributed by atoms with E-state index < -0.39 is 35.0 Å². The summed E-state index contributed by atoms with van der Waals surface area (Å²) in [6.45, 7) is 3.36. The first-order chi connectivity index (χ1) is 9.73. The number of nitrogens with one attached hydrogen (secondary N) is 1. The number of likely N-dealkylation sites (tertiary alicyclic amines) is 1. The fourth-order valence-corrected chi connectivity index (χ4v) is 7.10. The summed E-state index contributed by atoms with van der Waals surface area (Å²) in [5, 5.41) is 11.6. The molecule has 114 valence electrons. The molecule has 3 aliphatic rings. The molecule has 4 atom stereocenters. The highest BCUT2D eigenvalue weighted by Crippen LogP contribution is 2.56. The molecule has 3 aliphatic heterocycles. The SMILES string of the molecule is CC1(C)C2SC(=S)NC2SC2C(=O)N(CC(=O)O)C(=O)C21. The Morgan fingerprint density at radius 3 is 2.71 bits per heavy atom. The Labute approximate surface area is 135 Å². The van der Waals surface area contributed by atoms with Gasteiger partial charge < -0.3 is 10.4 Å². The lowest BCUT2D eigenvalue weighted by molar-refractivity contribution is -0.149. The average molecular weight is 346 g/mol. The zero-order chi connectivity index (χ0) is 15.5. The van der Waals surface area contributed by atoms with Gasteiger partial charge in [-0.05, 0) is 5.41 Å². The Bertz CT molecular complexity index is 565. The Kier molecular flexibility index (Phi) is 3.49. The summed E-state index contributed by atoms with van der Waals surface area (Å²) in [7, 11) is 0. The molecule has 3 rings (SSSR count). The van der Waals surface area contributed by atoms with Gasteiger partial charge in [-0.1, -0.05) is 37.8 Å². The van der Waals surface area contributed by atoms with Gasteiger partial charge in [-0.25, -0.2) is 0 Å². The van der Waals surface area contributed by atoms with Crippen LogP contribution in [0.5, 0.6) is 0 Å². The van der Waals surface area contributed by atoms with Crippen molar-refractivity contribution in [2.45, 2.75) is 29.7 Å². The number of aliphatic carboxylic acids is 1. The lowest BCUT2D eigenvalue weighted by Crippen LogP contribution is -2.52. The maximum absolute atomic E-state index is 12.5. The summed E-state index contributed by atoms with van der Waals surface area (Å²) in [5.74, 6) is -2.44. The molecule has 9 heteroatoms. The third-order valence-corrected chi connectivity index (χ3v) is 7.73. The Morgan fingerprint density at radius 2 is 2.10 bits per heavy atom. The standard InChI is InChI=1S/C12H14N2O4S3/c1-12(2)5-6(20-8-7(12)21-11(19)13-8)10(18)14(9(5)17)3-4(15)16/h5-8H,3H2,1-2H3,(H,13,19)(H,15,16). The van der Waals surface area contributed by atoms with Crippen LogP contribution in [-0.4, -0.2) is 54.5 Å². The van der Waals surface area contributed by atoms with Crippen LogP contribution < -0.4 is 5.32 Å². The molecular weight excluding hydrogens is 332 g/mol. The average Bonchev–Trinajstić information content (AvgIpc) is 2.84. The molecule has 3 fully saturated rings. The van der Waals surface area contributed by atoms with Gasteiger partial charge >= 0.3 is 5.97 Å². The smallest absolute Gasteiger partial charge is 0.323 e. The Hall–Kier alpha value is -0.800. The highest BCUT2D eigenvalue weighted by Gasteiger charge is 2.63. The van der Waals surface area contributed by atoms with Crippen molar-refractivity contribution < 1.29 is 19.5 Å². The quantitative estimate of drug-likeness (QED) is 0.553. The molecule has 0 spiro atoms. The van der Waals surface area contributed by atoms with Crippen LogP contribution in [0.15, 0.2) is 0 Å². The van der Waals surface area contributed by atoms with Crippen LogP contribution in [0.4, 0.5) is 0 Å². The number of thiocarbonyl (C=S) groups is 1. The van der Waals surface area contributed by atoms with Crippen molar-refractivity contribution in [3.8, 4) is 0 Å². The summed E-state index contributed by atoms with van der Waals surface area (Å²) < 4.78 is 0.688. The number of amides is 2. The maximum Gasteiger partial charge on any atom is 0.323 e. The van der Waals surface area contributed by atoms with E-state index in [0.29, 0.717) is 4.32 Å². The van der Waals surface area contributed by atoms with Crippen molar-refractivity contribution in [3.63, 3.8) is 0 Å². The van der Waals surface area contributed by atoms with Gasteiger partial charge in [0.25, 0.3) is 0 Å². The molecule has 6 nitrogen and oxygen atoms in total. The van der Waals surface area contributed by atoms with E-state index in [-0.39, 0.29) is 16.5 Å². The summed E-state index contributed by atoms with van der Waals surface area (Å²) in [5.41, 5.74) is -0.432. The van der Waals surface area contributed by atoms with Gasteiger partial charge in [-0.2, -0.15) is 0 Å². The number of hydrogen-bond acceptors (Lipinski definition) is 6. The van der Waals surface area contributed by atoms with E-state index in [1.54, 1.807) is 0 Å². The molecule has 2 N–H and O–H groups in total. The molecule has 0 aliphatic carbocycles. The summed E-state index contributed by atoms with van der Waals surface area (Å²) in [6.07, 6.45) is 0. The molecule has 3 heterocycles. The maximum atomic E-state index is 12.5. The molecule has 0 radical (unpaired) electrons. The second-order valence-corrected chi connectivity index (χ2v) is 9.01. The number of fused-ring (bicyclic) bond motifs is 2. The van der Waals surface area contributed by atoms with Crippen LogP contribution in [0.2, 0.25) is 0 Å². The largest absolute Gasteiger partial charge is 0.480 e. The fraction of sp³-hybridized carbons (Fsp3) is 0.667. The van der Waals surface area contributed by atoms with Gasteiger partial charge in [0, 0.05) is 5.25 Å². The predicted octanol–water partition coefficient (Wildman–Crippen LogP) is 0.514. The second kappa shape index (κ2) is 4.85. The predicted molar refractivity (Wildman–Crippen MR) is 83.9 cm³/mol. The molecule has 2 amide bonds. The van der Waals surface area contributed by atoms with Crippen LogP contribution in [0.3, 0.4) is 0 Å². The van der Waals surface area contributed by atoms with Gasteiger partial charge in [-0.15, -0.1) is 11.8 Å². The first kappa shape index (κ1) is 15.1. The van der Waals surface area contributed by atoms with Crippen LogP contribution in [0.25, 0.3) is 0 Å². The van der Waals surface area contributed by atoms with E-state index in [1.807, 2.05) is 13.8 Å². The van der Waals surface area contributed by atoms with Gasteiger partial charge in [0.2, 0.25) is 11.8 Å². The lowest BCUT2D eigenvalue weighted by Gasteiger charge is -2.44. The third-order valence-electron chi connectivity index (χ3n) is 4.23. The molecule has 0 aromatic rings. The van der Waals surface area contributed by atoms with E-state index in [1.165, 1.54) is 23.5 Å². The minimum absolute atomic E-state index is 0.0136. The summed E-state index contributed by atoms with van der Waals surface area (Å²) in [4.78, 5) is 36.7. The van der Waals surface area contributed by atoms with Gasteiger partial charge in [0.15, 0.2) is 0 Å². The van der Waals surface area contributed by atoms with Crippen LogP contribution >= 0.6 is 35.7 Å². The zero-order valence-corrected chi connectivity index (χ0v) is 13.8. The van der Waals surface area contributed by atoms with Crippen LogP contribution in [0.1, 0.15) is 13.8 Å². The highest BCUT2D eigenvalue weighted by atomic mass is 32.2. The van der Waals surface area contributed by atoms with E-state index in [0.717, 1.165) is 4.90 Å². The second-order valence-electron chi connectivity index (χ2n) is 5.90. The molecule has 0 aromatic heterocycles. The van der Waals surface area contributed by atoms with Crippen LogP contribution in [0, 0.1) is 11.3 Å². The molecule has 4 unspecified atom stereocenters. The van der Waals surface area contributed by atoms with Crippen molar-refractivity contribution in [3.05, 3.63) is 0 Å². The normalized spacial score (nSPS) is 37.2. The molecule has 21 heavy (non-hydrogen) atoms. The molecule has 0 saturated carbocycles. The molecule has 3 saturated heterocycles. The number of carboxylic acids is 1. The number of hydrogen-bond donors (Lipinski definition) is 2. The summed E-state index contributed by atoms with van der Waals surface area (Å²) in [6, 6.07) is 0. The monoisotopic (exact) mass is 346 g/mol. The first-order valence-corrected chi connectivity index (χ1v) is 8.66. The number of carboxylic acid groups (broad SMARTS) is 1. The Morgan fingerprint density at radius 1 is 1.43 bits per heavy atom. The fourth-order valence-electron chi connectivity index (χ4n) is 3.22. The van der Waals surface area contributed by atoms with E-state index in [2.05, 4.69) is 5.32 Å². The number of carbonyl (C=O) groups excluding carboxylic acids is 2. The lowest BCUT2D eigenvalue weighted by atomic mass is 9.74. The molecule has 0 aromatic carbocycles. The van der Waals surface area contributed by atoms with Crippen molar-refractivity contribution in [2.75, 3.05) is 6.54 Å². The minimum atomic E-state index is -1.17. The Balaban J connectivity index is 1.95. The van der Waals surface area contributed by atoms with E-state index >= 15 is 0 Å². The number of carbonyl (C=O) groups is 3. The van der Waals surface area contributed by atoms with Crippen molar-refractivity contribution in [2.24, 2.45) is 11.3 Å². The summed E-state index contributed by atoms with van der Waals surface area (Å²) >= 11 is 8.11. The number of imide groups is 1. The number of thioether (sulfide) groups is 2. The van der Waals surface area contributed by atoms with E-state index in [9.17, 15) is 14.4 Å². The van der Waals surface area contributed by atoms with Crippen molar-refractivity contribution in [1.29, 1.82) is 0 Å². The van der Waals surface area contributed by atoms with Crippen LogP contribution in [-0.2, 0) is 14.4 Å². The van der Waals surface area contributed by atoms with E-state index in [4.69, 9.17) is 17.3 Å². The number of nitrogens with zero attached hydrogens (tertiary/aromatic N) is 1. The zero-order valence-electron chi connectivity index (χ0n) is 11.4. The third kappa shape index (κ3) is 2.17. The van der Waals surface area contributed by atoms with Crippen molar-refractivity contribution in [1.82, 2.24) is 10.2 Å². The highest BCUT2D eigenvalue weighted by molar-refractivity contribution is 8.24. The minimum Gasteiger partial charge on any atom is -0.480 e. The molecular formula is C12H14N2O4S3. The van der Waals surface area contributed by atoms with Gasteiger partial charge in [0.05, 0.1) is 16.5 Å². The topological polar surface area (TPSA) is 86.7 Å². The number of rotatable bonds is 2. The van der Waals surface area contributed by atoms with Crippen molar-refractivity contribution >= 4 is 57.8 Å².